The van der Waals surface area contributed by atoms with Crippen LogP contribution in [0.1, 0.15) is 10.4 Å². The summed E-state index contributed by atoms with van der Waals surface area (Å²) in [4.78, 5) is 11.7. The van der Waals surface area contributed by atoms with E-state index < -0.39 is 21.8 Å². The number of hydrogen-bond donors (Lipinski definition) is 2. The number of primary sulfonamides is 1. The molecule has 4 N–H and O–H groups in total. The average Bonchev–Trinajstić information content (AvgIpc) is 2.51. The molecular formula is C15H15FN2O5S. The molecule has 0 atom stereocenters. The molecule has 0 aliphatic carbocycles. The van der Waals surface area contributed by atoms with E-state index in [0.717, 1.165) is 12.1 Å². The number of ether oxygens (including phenoxy) is 2. The lowest BCUT2D eigenvalue weighted by Crippen LogP contribution is -2.14. The topological polar surface area (TPSA) is 122 Å². The van der Waals surface area contributed by atoms with Gasteiger partial charge in [0.1, 0.15) is 24.8 Å². The summed E-state index contributed by atoms with van der Waals surface area (Å²) in [5.74, 6) is -0.851. The second kappa shape index (κ2) is 7.28. The van der Waals surface area contributed by atoms with Gasteiger partial charge >= 0.3 is 5.97 Å². The Kier molecular flexibility index (Phi) is 5.37. The fourth-order valence-electron chi connectivity index (χ4n) is 1.82. The van der Waals surface area contributed by atoms with Crippen LogP contribution in [0.25, 0.3) is 0 Å². The zero-order valence-corrected chi connectivity index (χ0v) is 13.3. The molecule has 0 unspecified atom stereocenters. The summed E-state index contributed by atoms with van der Waals surface area (Å²) in [6, 6.07) is 8.83. The quantitative estimate of drug-likeness (QED) is 0.458. The van der Waals surface area contributed by atoms with E-state index in [-0.39, 0.29) is 29.4 Å². The van der Waals surface area contributed by atoms with Gasteiger partial charge in [0.2, 0.25) is 10.0 Å². The molecule has 0 spiro atoms. The number of carbonyl (C=O) groups excluding carboxylic acids is 1. The molecule has 0 amide bonds. The molecule has 128 valence electrons. The second-order valence-corrected chi connectivity index (χ2v) is 6.29. The Morgan fingerprint density at radius 3 is 2.33 bits per heavy atom. The predicted molar refractivity (Wildman–Crippen MR) is 84.4 cm³/mol. The van der Waals surface area contributed by atoms with Crippen LogP contribution in [0, 0.1) is 5.82 Å². The molecule has 0 saturated carbocycles. The summed E-state index contributed by atoms with van der Waals surface area (Å²) in [7, 11) is -3.76. The third-order valence-corrected chi connectivity index (χ3v) is 3.90. The molecule has 0 bridgehead atoms. The fraction of sp³-hybridized carbons (Fsp3) is 0.133. The van der Waals surface area contributed by atoms with Crippen LogP contribution in [0.4, 0.5) is 10.1 Å². The summed E-state index contributed by atoms with van der Waals surface area (Å²) in [5.41, 5.74) is 5.58. The number of carbonyl (C=O) groups is 1. The maximum absolute atomic E-state index is 12.9. The van der Waals surface area contributed by atoms with Crippen molar-refractivity contribution in [1.29, 1.82) is 0 Å². The fourth-order valence-corrected chi connectivity index (χ4v) is 2.33. The Bertz CT molecular complexity index is 837. The monoisotopic (exact) mass is 354 g/mol. The highest BCUT2D eigenvalue weighted by Crippen LogP contribution is 2.16. The van der Waals surface area contributed by atoms with Gasteiger partial charge in [-0.05, 0) is 42.5 Å². The molecule has 0 aromatic heterocycles. The lowest BCUT2D eigenvalue weighted by molar-refractivity contribution is 0.0451. The first kappa shape index (κ1) is 17.7. The van der Waals surface area contributed by atoms with E-state index in [1.165, 1.54) is 30.3 Å². The number of anilines is 1. The first-order valence-electron chi connectivity index (χ1n) is 6.75. The molecular weight excluding hydrogens is 339 g/mol. The lowest BCUT2D eigenvalue weighted by Gasteiger charge is -2.09. The van der Waals surface area contributed by atoms with Crippen molar-refractivity contribution in [3.63, 3.8) is 0 Å². The molecule has 2 aromatic rings. The highest BCUT2D eigenvalue weighted by Gasteiger charge is 2.12. The highest BCUT2D eigenvalue weighted by atomic mass is 32.2. The molecule has 2 rings (SSSR count). The Balaban J connectivity index is 1.83. The van der Waals surface area contributed by atoms with Gasteiger partial charge in [0.15, 0.2) is 0 Å². The van der Waals surface area contributed by atoms with Crippen molar-refractivity contribution >= 4 is 21.7 Å². The van der Waals surface area contributed by atoms with Crippen LogP contribution in [-0.4, -0.2) is 27.6 Å². The number of sulfonamides is 1. The van der Waals surface area contributed by atoms with E-state index in [4.69, 9.17) is 20.3 Å². The summed E-state index contributed by atoms with van der Waals surface area (Å²) >= 11 is 0. The van der Waals surface area contributed by atoms with E-state index in [2.05, 4.69) is 0 Å². The van der Waals surface area contributed by atoms with E-state index in [1.54, 1.807) is 0 Å². The molecule has 9 heteroatoms. The van der Waals surface area contributed by atoms with Gasteiger partial charge in [-0.1, -0.05) is 0 Å². The minimum atomic E-state index is -3.76. The van der Waals surface area contributed by atoms with Gasteiger partial charge in [-0.15, -0.1) is 0 Å². The summed E-state index contributed by atoms with van der Waals surface area (Å²) in [5, 5.41) is 4.98. The van der Waals surface area contributed by atoms with Gasteiger partial charge in [-0.2, -0.15) is 0 Å². The number of nitrogens with two attached hydrogens (primary N) is 2. The van der Waals surface area contributed by atoms with Crippen molar-refractivity contribution in [3.8, 4) is 5.75 Å². The maximum Gasteiger partial charge on any atom is 0.340 e. The zero-order chi connectivity index (χ0) is 17.7. The van der Waals surface area contributed by atoms with Crippen molar-refractivity contribution in [1.82, 2.24) is 0 Å². The number of benzene rings is 2. The molecule has 0 fully saturated rings. The van der Waals surface area contributed by atoms with Gasteiger partial charge in [0, 0.05) is 5.69 Å². The number of hydrogen-bond acceptors (Lipinski definition) is 6. The minimum Gasteiger partial charge on any atom is -0.490 e. The first-order valence-corrected chi connectivity index (χ1v) is 8.30. The number of nitrogen functional groups attached to an aromatic ring is 1. The van der Waals surface area contributed by atoms with Crippen molar-refractivity contribution in [3.05, 3.63) is 53.8 Å². The largest absolute Gasteiger partial charge is 0.490 e. The normalized spacial score (nSPS) is 11.1. The van der Waals surface area contributed by atoms with E-state index in [0.29, 0.717) is 5.75 Å². The second-order valence-electron chi connectivity index (χ2n) is 4.73. The SMILES string of the molecule is Nc1cc(F)ccc1C(=O)OCCOc1ccc(S(N)(=O)=O)cc1. The van der Waals surface area contributed by atoms with Crippen LogP contribution in [0.3, 0.4) is 0 Å². The lowest BCUT2D eigenvalue weighted by atomic mass is 10.2. The Morgan fingerprint density at radius 1 is 1.08 bits per heavy atom. The zero-order valence-electron chi connectivity index (χ0n) is 12.4. The summed E-state index contributed by atoms with van der Waals surface area (Å²) < 4.78 is 45.4. The van der Waals surface area contributed by atoms with Crippen LogP contribution < -0.4 is 15.6 Å². The molecule has 0 aliphatic heterocycles. The highest BCUT2D eigenvalue weighted by molar-refractivity contribution is 7.89. The number of halogens is 1. The van der Waals surface area contributed by atoms with Crippen LogP contribution in [-0.2, 0) is 14.8 Å². The van der Waals surface area contributed by atoms with E-state index in [1.807, 2.05) is 0 Å². The molecule has 0 aliphatic rings. The van der Waals surface area contributed by atoms with Crippen molar-refractivity contribution in [2.75, 3.05) is 18.9 Å². The van der Waals surface area contributed by atoms with Crippen molar-refractivity contribution in [2.45, 2.75) is 4.90 Å². The van der Waals surface area contributed by atoms with Crippen LogP contribution >= 0.6 is 0 Å². The molecule has 0 radical (unpaired) electrons. The van der Waals surface area contributed by atoms with Gasteiger partial charge in [0.05, 0.1) is 10.5 Å². The Labute approximate surface area is 138 Å². The molecule has 0 saturated heterocycles. The van der Waals surface area contributed by atoms with E-state index in [9.17, 15) is 17.6 Å². The van der Waals surface area contributed by atoms with Crippen molar-refractivity contribution in [2.24, 2.45) is 5.14 Å². The molecule has 24 heavy (non-hydrogen) atoms. The Hall–Kier alpha value is -2.65. The van der Waals surface area contributed by atoms with Crippen LogP contribution in [0.5, 0.6) is 5.75 Å². The van der Waals surface area contributed by atoms with Gasteiger partial charge in [-0.25, -0.2) is 22.7 Å². The maximum atomic E-state index is 12.9. The molecule has 2 aromatic carbocycles. The third kappa shape index (κ3) is 4.67. The van der Waals surface area contributed by atoms with Gasteiger partial charge < -0.3 is 15.2 Å². The average molecular weight is 354 g/mol. The molecule has 7 nitrogen and oxygen atoms in total. The van der Waals surface area contributed by atoms with E-state index >= 15 is 0 Å². The molecule has 0 heterocycles. The summed E-state index contributed by atoms with van der Waals surface area (Å²) in [6.45, 7) is -0.0197. The third-order valence-electron chi connectivity index (χ3n) is 2.97. The van der Waals surface area contributed by atoms with Crippen LogP contribution in [0.2, 0.25) is 0 Å². The van der Waals surface area contributed by atoms with Gasteiger partial charge in [0.25, 0.3) is 0 Å². The van der Waals surface area contributed by atoms with Crippen molar-refractivity contribution < 1.29 is 27.1 Å². The minimum absolute atomic E-state index is 0.0144. The Morgan fingerprint density at radius 2 is 1.75 bits per heavy atom. The smallest absolute Gasteiger partial charge is 0.340 e. The van der Waals surface area contributed by atoms with Crippen LogP contribution in [0.15, 0.2) is 47.4 Å². The number of rotatable bonds is 6. The predicted octanol–water partition coefficient (Wildman–Crippen LogP) is 1.29. The standard InChI is InChI=1S/C15H15FN2O5S/c16-10-1-6-13(14(17)9-10)15(19)23-8-7-22-11-2-4-12(5-3-11)24(18,20)21/h1-6,9H,7-8,17H2,(H2,18,20,21). The first-order chi connectivity index (χ1) is 11.3. The summed E-state index contributed by atoms with van der Waals surface area (Å²) in [6.07, 6.45) is 0. The van der Waals surface area contributed by atoms with Gasteiger partial charge in [-0.3, -0.25) is 0 Å². The number of esters is 1.